The van der Waals surface area contributed by atoms with Gasteiger partial charge in [0, 0.05) is 18.1 Å². The summed E-state index contributed by atoms with van der Waals surface area (Å²) >= 11 is 5.82. The Morgan fingerprint density at radius 3 is 2.45 bits per heavy atom. The summed E-state index contributed by atoms with van der Waals surface area (Å²) in [5.74, 6) is 0.935. The molecule has 0 saturated carbocycles. The molecule has 1 aromatic heterocycles. The van der Waals surface area contributed by atoms with E-state index in [2.05, 4.69) is 34.7 Å². The minimum absolute atomic E-state index is 0.252. The molecule has 116 valence electrons. The van der Waals surface area contributed by atoms with Gasteiger partial charge in [0.2, 0.25) is 0 Å². The van der Waals surface area contributed by atoms with E-state index in [0.717, 1.165) is 12.1 Å². The van der Waals surface area contributed by atoms with Crippen LogP contribution in [-0.4, -0.2) is 22.6 Å². The largest absolute Gasteiger partial charge is 0.368 e. The number of carbonyl (C=O) groups excluding carboxylic acids is 1. The summed E-state index contributed by atoms with van der Waals surface area (Å²) < 4.78 is 0. The SMILES string of the molecule is CC(C)CNc1ccc(C(=O)NCc2ccc(Cl)cc2)nn1. The van der Waals surface area contributed by atoms with Crippen LogP contribution in [0.3, 0.4) is 0 Å². The van der Waals surface area contributed by atoms with E-state index in [0.29, 0.717) is 29.0 Å². The Labute approximate surface area is 135 Å². The number of anilines is 1. The van der Waals surface area contributed by atoms with Gasteiger partial charge in [0.1, 0.15) is 5.82 Å². The molecular weight excluding hydrogens is 300 g/mol. The van der Waals surface area contributed by atoms with Crippen molar-refractivity contribution in [2.45, 2.75) is 20.4 Å². The lowest BCUT2D eigenvalue weighted by molar-refractivity contribution is 0.0945. The molecule has 1 amide bonds. The second kappa shape index (κ2) is 7.75. The Bertz CT molecular complexity index is 611. The molecule has 2 rings (SSSR count). The van der Waals surface area contributed by atoms with Gasteiger partial charge in [0.05, 0.1) is 0 Å². The van der Waals surface area contributed by atoms with Gasteiger partial charge in [-0.3, -0.25) is 4.79 Å². The molecular formula is C16H19ClN4O. The lowest BCUT2D eigenvalue weighted by Gasteiger charge is -2.08. The maximum absolute atomic E-state index is 12.0. The van der Waals surface area contributed by atoms with Crippen LogP contribution in [-0.2, 0) is 6.54 Å². The zero-order valence-corrected chi connectivity index (χ0v) is 13.4. The van der Waals surface area contributed by atoms with Crippen LogP contribution in [0.5, 0.6) is 0 Å². The Kier molecular flexibility index (Phi) is 5.72. The van der Waals surface area contributed by atoms with Gasteiger partial charge in [-0.1, -0.05) is 37.6 Å². The van der Waals surface area contributed by atoms with E-state index >= 15 is 0 Å². The molecule has 0 atom stereocenters. The quantitative estimate of drug-likeness (QED) is 0.858. The van der Waals surface area contributed by atoms with Crippen LogP contribution < -0.4 is 10.6 Å². The third-order valence-electron chi connectivity index (χ3n) is 2.95. The zero-order valence-electron chi connectivity index (χ0n) is 12.6. The topological polar surface area (TPSA) is 66.9 Å². The normalized spacial score (nSPS) is 10.5. The average molecular weight is 319 g/mol. The Hall–Kier alpha value is -2.14. The summed E-state index contributed by atoms with van der Waals surface area (Å²) in [6.07, 6.45) is 0. The summed E-state index contributed by atoms with van der Waals surface area (Å²) in [6, 6.07) is 10.7. The van der Waals surface area contributed by atoms with Crippen molar-refractivity contribution in [3.8, 4) is 0 Å². The summed E-state index contributed by atoms with van der Waals surface area (Å²) in [5.41, 5.74) is 1.27. The number of carbonyl (C=O) groups is 1. The van der Waals surface area contributed by atoms with Gasteiger partial charge >= 0.3 is 0 Å². The molecule has 0 radical (unpaired) electrons. The van der Waals surface area contributed by atoms with Crippen molar-refractivity contribution in [3.63, 3.8) is 0 Å². The number of nitrogens with zero attached hydrogens (tertiary/aromatic N) is 2. The number of rotatable bonds is 6. The minimum atomic E-state index is -0.252. The molecule has 0 aliphatic heterocycles. The fourth-order valence-electron chi connectivity index (χ4n) is 1.73. The van der Waals surface area contributed by atoms with Crippen LogP contribution in [0.2, 0.25) is 5.02 Å². The van der Waals surface area contributed by atoms with Crippen molar-refractivity contribution in [2.24, 2.45) is 5.92 Å². The van der Waals surface area contributed by atoms with Gasteiger partial charge in [-0.25, -0.2) is 0 Å². The van der Waals surface area contributed by atoms with E-state index < -0.39 is 0 Å². The van der Waals surface area contributed by atoms with E-state index in [4.69, 9.17) is 11.6 Å². The van der Waals surface area contributed by atoms with Gasteiger partial charge < -0.3 is 10.6 Å². The van der Waals surface area contributed by atoms with Crippen molar-refractivity contribution in [3.05, 3.63) is 52.7 Å². The molecule has 0 aliphatic rings. The predicted octanol–water partition coefficient (Wildman–Crippen LogP) is 3.13. The van der Waals surface area contributed by atoms with E-state index in [9.17, 15) is 4.79 Å². The first kappa shape index (κ1) is 16.2. The molecule has 0 aliphatic carbocycles. The van der Waals surface area contributed by atoms with E-state index in [1.54, 1.807) is 24.3 Å². The molecule has 0 bridgehead atoms. The molecule has 22 heavy (non-hydrogen) atoms. The van der Waals surface area contributed by atoms with Crippen LogP contribution >= 0.6 is 11.6 Å². The second-order valence-corrected chi connectivity index (χ2v) is 5.82. The number of aromatic nitrogens is 2. The molecule has 6 heteroatoms. The molecule has 1 aromatic carbocycles. The van der Waals surface area contributed by atoms with Crippen LogP contribution in [0.4, 0.5) is 5.82 Å². The lowest BCUT2D eigenvalue weighted by atomic mass is 10.2. The van der Waals surface area contributed by atoms with Crippen molar-refractivity contribution in [2.75, 3.05) is 11.9 Å². The summed E-state index contributed by atoms with van der Waals surface area (Å²) in [7, 11) is 0. The fourth-order valence-corrected chi connectivity index (χ4v) is 1.86. The molecule has 0 spiro atoms. The smallest absolute Gasteiger partial charge is 0.272 e. The molecule has 0 saturated heterocycles. The monoisotopic (exact) mass is 318 g/mol. The van der Waals surface area contributed by atoms with Gasteiger partial charge in [-0.2, -0.15) is 0 Å². The van der Waals surface area contributed by atoms with Crippen LogP contribution in [0.1, 0.15) is 29.9 Å². The van der Waals surface area contributed by atoms with Gasteiger partial charge in [0.15, 0.2) is 5.69 Å². The Balaban J connectivity index is 1.88. The van der Waals surface area contributed by atoms with E-state index in [-0.39, 0.29) is 5.91 Å². The van der Waals surface area contributed by atoms with Gasteiger partial charge in [-0.05, 0) is 35.7 Å². The number of benzene rings is 1. The molecule has 2 aromatic rings. The average Bonchev–Trinajstić information content (AvgIpc) is 2.52. The van der Waals surface area contributed by atoms with Crippen molar-refractivity contribution in [1.82, 2.24) is 15.5 Å². The summed E-state index contributed by atoms with van der Waals surface area (Å²) in [5, 5.41) is 14.6. The first-order chi connectivity index (χ1) is 10.5. The second-order valence-electron chi connectivity index (χ2n) is 5.39. The molecule has 1 heterocycles. The van der Waals surface area contributed by atoms with E-state index in [1.165, 1.54) is 0 Å². The Morgan fingerprint density at radius 2 is 1.86 bits per heavy atom. The maximum Gasteiger partial charge on any atom is 0.272 e. The molecule has 2 N–H and O–H groups in total. The van der Waals surface area contributed by atoms with Crippen LogP contribution in [0, 0.1) is 5.92 Å². The summed E-state index contributed by atoms with van der Waals surface area (Å²) in [4.78, 5) is 12.0. The number of hydrogen-bond donors (Lipinski definition) is 2. The molecule has 5 nitrogen and oxygen atoms in total. The van der Waals surface area contributed by atoms with Crippen molar-refractivity contribution >= 4 is 23.3 Å². The number of amides is 1. The van der Waals surface area contributed by atoms with Gasteiger partial charge in [-0.15, -0.1) is 10.2 Å². The van der Waals surface area contributed by atoms with E-state index in [1.807, 2.05) is 12.1 Å². The Morgan fingerprint density at radius 1 is 1.14 bits per heavy atom. The maximum atomic E-state index is 12.0. The van der Waals surface area contributed by atoms with Crippen molar-refractivity contribution < 1.29 is 4.79 Å². The minimum Gasteiger partial charge on any atom is -0.368 e. The molecule has 0 fully saturated rings. The first-order valence-corrected chi connectivity index (χ1v) is 7.52. The standard InChI is InChI=1S/C16H19ClN4O/c1-11(2)9-18-15-8-7-14(20-21-15)16(22)19-10-12-3-5-13(17)6-4-12/h3-8,11H,9-10H2,1-2H3,(H,18,21)(H,19,22). The fraction of sp³-hybridized carbons (Fsp3) is 0.312. The molecule has 0 unspecified atom stereocenters. The third kappa shape index (κ3) is 5.00. The highest BCUT2D eigenvalue weighted by Gasteiger charge is 2.08. The van der Waals surface area contributed by atoms with Crippen molar-refractivity contribution in [1.29, 1.82) is 0 Å². The number of halogens is 1. The third-order valence-corrected chi connectivity index (χ3v) is 3.21. The predicted molar refractivity (Wildman–Crippen MR) is 88.0 cm³/mol. The highest BCUT2D eigenvalue weighted by molar-refractivity contribution is 6.30. The van der Waals surface area contributed by atoms with Crippen LogP contribution in [0.25, 0.3) is 0 Å². The van der Waals surface area contributed by atoms with Gasteiger partial charge in [0.25, 0.3) is 5.91 Å². The number of hydrogen-bond acceptors (Lipinski definition) is 4. The highest BCUT2D eigenvalue weighted by atomic mass is 35.5. The lowest BCUT2D eigenvalue weighted by Crippen LogP contribution is -2.24. The van der Waals surface area contributed by atoms with Crippen LogP contribution in [0.15, 0.2) is 36.4 Å². The summed E-state index contributed by atoms with van der Waals surface area (Å²) in [6.45, 7) is 5.46. The highest BCUT2D eigenvalue weighted by Crippen LogP contribution is 2.09. The number of nitrogens with one attached hydrogen (secondary N) is 2. The first-order valence-electron chi connectivity index (χ1n) is 7.15. The zero-order chi connectivity index (χ0) is 15.9.